The fraction of sp³-hybridized carbons (Fsp3) is 0.389. The van der Waals surface area contributed by atoms with Crippen molar-refractivity contribution in [3.63, 3.8) is 0 Å². The summed E-state index contributed by atoms with van der Waals surface area (Å²) in [6.45, 7) is 10.8. The normalized spacial score (nSPS) is 15.0. The van der Waals surface area contributed by atoms with Gasteiger partial charge in [0, 0.05) is 17.8 Å². The minimum absolute atomic E-state index is 0.104. The lowest BCUT2D eigenvalue weighted by atomic mass is 10.1. The van der Waals surface area contributed by atoms with Crippen LogP contribution in [0.2, 0.25) is 0 Å². The highest BCUT2D eigenvalue weighted by Gasteiger charge is 2.21. The summed E-state index contributed by atoms with van der Waals surface area (Å²) in [5.41, 5.74) is 1.94. The first-order chi connectivity index (χ1) is 12.6. The average molecular weight is 391 g/mol. The van der Waals surface area contributed by atoms with Gasteiger partial charge < -0.3 is 15.1 Å². The summed E-state index contributed by atoms with van der Waals surface area (Å²) >= 11 is 6.93. The Morgan fingerprint density at radius 1 is 1.38 bits per heavy atom. The van der Waals surface area contributed by atoms with Gasteiger partial charge in [0.05, 0.1) is 26.2 Å². The molecule has 0 bridgehead atoms. The fourth-order valence-corrected chi connectivity index (χ4v) is 4.01. The Hall–Kier alpha value is -2.03. The molecule has 1 aliphatic heterocycles. The van der Waals surface area contributed by atoms with Crippen LogP contribution in [0, 0.1) is 3.95 Å². The number of anilines is 2. The van der Waals surface area contributed by atoms with E-state index in [1.165, 1.54) is 21.9 Å². The second-order valence-corrected chi connectivity index (χ2v) is 7.96. The second kappa shape index (κ2) is 8.57. The molecular formula is C18H24N5OS2+. The topological polar surface area (TPSA) is 54.6 Å². The number of benzene rings is 1. The van der Waals surface area contributed by atoms with Crippen LogP contribution >= 0.6 is 23.6 Å². The first-order valence-electron chi connectivity index (χ1n) is 8.69. The molecule has 0 amide bonds. The van der Waals surface area contributed by atoms with E-state index in [9.17, 15) is 4.79 Å². The van der Waals surface area contributed by atoms with Crippen LogP contribution in [0.5, 0.6) is 0 Å². The molecule has 1 fully saturated rings. The Kier molecular flexibility index (Phi) is 6.18. The number of nitrogens with zero attached hydrogens (tertiary/aromatic N) is 3. The third kappa shape index (κ3) is 4.57. The number of ketones is 1. The molecular weight excluding hydrogens is 366 g/mol. The van der Waals surface area contributed by atoms with Crippen molar-refractivity contribution in [2.24, 2.45) is 0 Å². The summed E-state index contributed by atoms with van der Waals surface area (Å²) in [5, 5.41) is 8.59. The molecule has 0 radical (unpaired) electrons. The van der Waals surface area contributed by atoms with Crippen LogP contribution in [0.4, 0.5) is 10.8 Å². The largest absolute Gasteiger partial charge is 0.360 e. The molecule has 6 nitrogen and oxygen atoms in total. The number of carbonyl (C=O) groups excluding carboxylic acids is 1. The minimum Gasteiger partial charge on any atom is -0.360 e. The zero-order valence-corrected chi connectivity index (χ0v) is 16.5. The predicted octanol–water partition coefficient (Wildman–Crippen LogP) is 1.84. The van der Waals surface area contributed by atoms with Crippen molar-refractivity contribution in [2.75, 3.05) is 42.9 Å². The quantitative estimate of drug-likeness (QED) is 0.429. The maximum Gasteiger partial charge on any atom is 0.205 e. The molecule has 1 saturated heterocycles. The lowest BCUT2D eigenvalue weighted by molar-refractivity contribution is -0.924. The zero-order valence-electron chi connectivity index (χ0n) is 14.9. The van der Waals surface area contributed by atoms with Gasteiger partial charge in [-0.3, -0.25) is 4.79 Å². The van der Waals surface area contributed by atoms with Crippen LogP contribution in [-0.2, 0) is 6.67 Å². The van der Waals surface area contributed by atoms with Gasteiger partial charge in [0.1, 0.15) is 0 Å². The highest BCUT2D eigenvalue weighted by Crippen LogP contribution is 2.16. The van der Waals surface area contributed by atoms with Gasteiger partial charge in [0.15, 0.2) is 16.4 Å². The summed E-state index contributed by atoms with van der Waals surface area (Å²) in [5.74, 6) is 0.104. The fourth-order valence-electron chi connectivity index (χ4n) is 3.00. The van der Waals surface area contributed by atoms with Crippen molar-refractivity contribution in [1.29, 1.82) is 0 Å². The third-order valence-corrected chi connectivity index (χ3v) is 5.75. The predicted molar refractivity (Wildman–Crippen MR) is 109 cm³/mol. The maximum atomic E-state index is 11.4. The molecule has 1 aliphatic rings. The van der Waals surface area contributed by atoms with Gasteiger partial charge in [-0.2, -0.15) is 4.68 Å². The van der Waals surface area contributed by atoms with E-state index < -0.39 is 0 Å². The Labute approximate surface area is 162 Å². The summed E-state index contributed by atoms with van der Waals surface area (Å²) < 4.78 is 2.71. The van der Waals surface area contributed by atoms with E-state index >= 15 is 0 Å². The van der Waals surface area contributed by atoms with Crippen LogP contribution in [0.1, 0.15) is 17.3 Å². The van der Waals surface area contributed by atoms with E-state index in [2.05, 4.69) is 21.9 Å². The third-order valence-electron chi connectivity index (χ3n) is 4.49. The molecule has 1 aromatic carbocycles. The number of hydrogen-bond acceptors (Lipinski definition) is 6. The number of hydrogen-bond donors (Lipinski definition) is 2. The highest BCUT2D eigenvalue weighted by atomic mass is 32.1. The Morgan fingerprint density at radius 2 is 2.08 bits per heavy atom. The number of carbonyl (C=O) groups is 1. The van der Waals surface area contributed by atoms with E-state index in [0.717, 1.165) is 47.5 Å². The van der Waals surface area contributed by atoms with Crippen molar-refractivity contribution < 1.29 is 9.69 Å². The van der Waals surface area contributed by atoms with Crippen LogP contribution in [0.3, 0.4) is 0 Å². The number of quaternary nitrogens is 1. The number of aromatic nitrogens is 2. The van der Waals surface area contributed by atoms with Crippen molar-refractivity contribution in [3.05, 3.63) is 46.4 Å². The van der Waals surface area contributed by atoms with Crippen molar-refractivity contribution in [3.8, 4) is 0 Å². The molecule has 0 saturated carbocycles. The average Bonchev–Trinajstić information content (AvgIpc) is 3.00. The molecule has 2 aromatic rings. The maximum absolute atomic E-state index is 11.4. The molecule has 26 heavy (non-hydrogen) atoms. The summed E-state index contributed by atoms with van der Waals surface area (Å²) in [6.07, 6.45) is 1.81. The lowest BCUT2D eigenvalue weighted by Gasteiger charge is -2.33. The molecule has 0 unspecified atom stereocenters. The Morgan fingerprint density at radius 3 is 2.69 bits per heavy atom. The van der Waals surface area contributed by atoms with Crippen molar-refractivity contribution in [1.82, 2.24) is 9.78 Å². The van der Waals surface area contributed by atoms with Gasteiger partial charge in [-0.25, -0.2) is 0 Å². The summed E-state index contributed by atoms with van der Waals surface area (Å²) in [6, 6.07) is 7.89. The summed E-state index contributed by atoms with van der Waals surface area (Å²) in [7, 11) is 0. The molecule has 8 heteroatoms. The molecule has 0 atom stereocenters. The number of nitrogens with one attached hydrogen (secondary N) is 2. The van der Waals surface area contributed by atoms with Gasteiger partial charge in [-0.1, -0.05) is 17.4 Å². The smallest absolute Gasteiger partial charge is 0.205 e. The van der Waals surface area contributed by atoms with Gasteiger partial charge in [-0.15, -0.1) is 11.7 Å². The highest BCUT2D eigenvalue weighted by molar-refractivity contribution is 7.73. The Bertz CT molecular complexity index is 819. The SMILES string of the molecule is C=CCNc1nn(C[NH+]2CCN(c3ccc(C(C)=O)cc3)CC2)c(=S)s1. The van der Waals surface area contributed by atoms with Gasteiger partial charge in [0.25, 0.3) is 0 Å². The number of piperazine rings is 1. The van der Waals surface area contributed by atoms with Gasteiger partial charge in [0.2, 0.25) is 5.13 Å². The second-order valence-electron chi connectivity index (χ2n) is 6.34. The van der Waals surface area contributed by atoms with Crippen molar-refractivity contribution >= 4 is 40.2 Å². The van der Waals surface area contributed by atoms with Crippen LogP contribution in [0.25, 0.3) is 0 Å². The van der Waals surface area contributed by atoms with E-state index in [1.807, 2.05) is 35.0 Å². The van der Waals surface area contributed by atoms with E-state index in [-0.39, 0.29) is 5.78 Å². The summed E-state index contributed by atoms with van der Waals surface area (Å²) in [4.78, 5) is 15.2. The minimum atomic E-state index is 0.104. The van der Waals surface area contributed by atoms with E-state index in [4.69, 9.17) is 12.2 Å². The van der Waals surface area contributed by atoms with Crippen LogP contribution in [0.15, 0.2) is 36.9 Å². The zero-order chi connectivity index (χ0) is 18.5. The van der Waals surface area contributed by atoms with Gasteiger partial charge in [-0.05, 0) is 43.4 Å². The molecule has 2 N–H and O–H groups in total. The number of rotatable bonds is 7. The molecule has 0 aliphatic carbocycles. The van der Waals surface area contributed by atoms with E-state index in [1.54, 1.807) is 6.92 Å². The first kappa shape index (κ1) is 18.8. The van der Waals surface area contributed by atoms with Crippen LogP contribution in [-0.4, -0.2) is 48.3 Å². The Balaban J connectivity index is 1.55. The molecule has 0 spiro atoms. The molecule has 3 rings (SSSR count). The first-order valence-corrected chi connectivity index (χ1v) is 9.91. The van der Waals surface area contributed by atoms with Crippen LogP contribution < -0.4 is 15.1 Å². The molecule has 1 aromatic heterocycles. The monoisotopic (exact) mass is 390 g/mol. The molecule has 2 heterocycles. The van der Waals surface area contributed by atoms with E-state index in [0.29, 0.717) is 6.54 Å². The lowest BCUT2D eigenvalue weighted by Crippen LogP contribution is -3.14. The van der Waals surface area contributed by atoms with Crippen molar-refractivity contribution in [2.45, 2.75) is 13.6 Å². The number of Topliss-reactive ketones (excluding diaryl/α,β-unsaturated/α-hetero) is 1. The standard InChI is InChI=1S/C18H23N5OS2/c1-3-8-19-17-20-23(18(25)26-17)13-21-9-11-22(12-10-21)16-6-4-15(5-7-16)14(2)24/h3-7H,1,8-13H2,2H3,(H,19,20)/p+1. The van der Waals surface area contributed by atoms with Gasteiger partial charge >= 0.3 is 0 Å². The molecule has 138 valence electrons.